The lowest BCUT2D eigenvalue weighted by Gasteiger charge is -2.37. The first-order valence-electron chi connectivity index (χ1n) is 13.3. The van der Waals surface area contributed by atoms with E-state index in [1.165, 1.54) is 35.1 Å². The fourth-order valence-corrected chi connectivity index (χ4v) is 4.96. The van der Waals surface area contributed by atoms with Crippen LogP contribution in [0.15, 0.2) is 36.8 Å². The van der Waals surface area contributed by atoms with E-state index in [1.807, 2.05) is 0 Å². The maximum Gasteiger partial charge on any atom is 0.414 e. The van der Waals surface area contributed by atoms with Crippen molar-refractivity contribution in [2.45, 2.75) is 18.9 Å². The number of aromatic nitrogens is 3. The number of imidazole rings is 1. The van der Waals surface area contributed by atoms with Crippen LogP contribution in [0, 0.1) is 11.6 Å². The predicted molar refractivity (Wildman–Crippen MR) is 144 cm³/mol. The molecule has 0 bridgehead atoms. The molecule has 15 heteroatoms. The van der Waals surface area contributed by atoms with Crippen molar-refractivity contribution in [3.8, 4) is 0 Å². The Labute approximate surface area is 239 Å². The molecule has 0 radical (unpaired) electrons. The van der Waals surface area contributed by atoms with Crippen LogP contribution in [0.5, 0.6) is 0 Å². The highest BCUT2D eigenvalue weighted by atomic mass is 19.1. The molecule has 4 heterocycles. The zero-order valence-corrected chi connectivity index (χ0v) is 23.0. The number of amides is 3. The molecule has 42 heavy (non-hydrogen) atoms. The number of benzene rings is 1. The average Bonchev–Trinajstić information content (AvgIpc) is 3.58. The number of hydrogen-bond acceptors (Lipinski definition) is 9. The minimum atomic E-state index is -0.858. The summed E-state index contributed by atoms with van der Waals surface area (Å²) in [6.07, 6.45) is 3.71. The van der Waals surface area contributed by atoms with Gasteiger partial charge in [0, 0.05) is 70.4 Å². The number of methoxy groups -OCH3 is 1. The average molecular weight is 586 g/mol. The van der Waals surface area contributed by atoms with Crippen molar-refractivity contribution in [3.63, 3.8) is 0 Å². The van der Waals surface area contributed by atoms with E-state index in [9.17, 15) is 19.2 Å². The highest BCUT2D eigenvalue weighted by Crippen LogP contribution is 2.32. The van der Waals surface area contributed by atoms with Crippen molar-refractivity contribution in [2.24, 2.45) is 0 Å². The Morgan fingerprint density at radius 3 is 2.52 bits per heavy atom. The number of carbonyl (C=O) groups excluding carboxylic acids is 4. The van der Waals surface area contributed by atoms with E-state index in [1.54, 1.807) is 22.9 Å². The van der Waals surface area contributed by atoms with Gasteiger partial charge in [0.15, 0.2) is 11.6 Å². The predicted octanol–water partition coefficient (Wildman–Crippen LogP) is 1.71. The lowest BCUT2D eigenvalue weighted by Crippen LogP contribution is -2.51. The number of carbonyl (C=O) groups is 4. The molecule has 0 unspecified atom stereocenters. The zero-order chi connectivity index (χ0) is 30.0. The Kier molecular flexibility index (Phi) is 8.17. The maximum atomic E-state index is 15.2. The third-order valence-electron chi connectivity index (χ3n) is 7.21. The highest BCUT2D eigenvalue weighted by molar-refractivity contribution is 5.95. The molecule has 3 aromatic rings. The molecular weight excluding hydrogens is 556 g/mol. The normalized spacial score (nSPS) is 17.0. The van der Waals surface area contributed by atoms with Gasteiger partial charge in [0.2, 0.25) is 11.7 Å². The van der Waals surface area contributed by atoms with E-state index in [0.29, 0.717) is 5.78 Å². The van der Waals surface area contributed by atoms with E-state index in [0.717, 1.165) is 17.0 Å². The van der Waals surface area contributed by atoms with E-state index in [-0.39, 0.29) is 75.1 Å². The molecule has 2 aliphatic rings. The van der Waals surface area contributed by atoms with Gasteiger partial charge < -0.3 is 24.2 Å². The van der Waals surface area contributed by atoms with Crippen molar-refractivity contribution in [3.05, 3.63) is 54.1 Å². The third-order valence-corrected chi connectivity index (χ3v) is 7.21. The Morgan fingerprint density at radius 1 is 1.14 bits per heavy atom. The number of cyclic esters (lactones) is 1. The van der Waals surface area contributed by atoms with Gasteiger partial charge in [0.25, 0.3) is 5.91 Å². The summed E-state index contributed by atoms with van der Waals surface area (Å²) in [5, 5.41) is 0. The number of rotatable bonds is 8. The molecule has 13 nitrogen and oxygen atoms in total. The first-order valence-corrected chi connectivity index (χ1v) is 13.3. The van der Waals surface area contributed by atoms with Crippen molar-refractivity contribution < 1.29 is 37.4 Å². The number of halogens is 2. The van der Waals surface area contributed by atoms with Crippen LogP contribution in [0.3, 0.4) is 0 Å². The third kappa shape index (κ3) is 5.94. The van der Waals surface area contributed by atoms with Crippen LogP contribution in [0.1, 0.15) is 23.3 Å². The zero-order valence-electron chi connectivity index (χ0n) is 23.0. The van der Waals surface area contributed by atoms with Gasteiger partial charge in [-0.2, -0.15) is 0 Å². The van der Waals surface area contributed by atoms with Crippen LogP contribution in [-0.2, 0) is 19.1 Å². The van der Waals surface area contributed by atoms with Gasteiger partial charge in [0.1, 0.15) is 17.5 Å². The van der Waals surface area contributed by atoms with Crippen LogP contribution >= 0.6 is 0 Å². The Balaban J connectivity index is 1.16. The number of fused-ring (bicyclic) bond motifs is 1. The molecule has 222 valence electrons. The molecule has 1 atom stereocenters. The molecular formula is C27H29F2N7O6. The number of esters is 1. The second kappa shape index (κ2) is 12.0. The van der Waals surface area contributed by atoms with Crippen molar-refractivity contribution in [1.29, 1.82) is 0 Å². The Morgan fingerprint density at radius 2 is 1.86 bits per heavy atom. The molecule has 0 saturated carbocycles. The SMILES string of the molecule is COC(=O)CC[C@H]1CN(c2cc(F)c(N3CCN(C(=O)CN(C)C(=O)c4cn5cccnc5n4)CC3)c(F)c2)C(=O)O1. The minimum absolute atomic E-state index is 0.00206. The topological polar surface area (TPSA) is 130 Å². The number of ether oxygens (including phenoxy) is 2. The van der Waals surface area contributed by atoms with Gasteiger partial charge in [-0.05, 0) is 12.5 Å². The van der Waals surface area contributed by atoms with E-state index < -0.39 is 35.7 Å². The van der Waals surface area contributed by atoms with Gasteiger partial charge in [-0.25, -0.2) is 23.5 Å². The van der Waals surface area contributed by atoms with Gasteiger partial charge in [-0.3, -0.25) is 23.7 Å². The van der Waals surface area contributed by atoms with Crippen molar-refractivity contribution >= 4 is 41.0 Å². The number of piperazine rings is 1. The molecule has 2 saturated heterocycles. The van der Waals surface area contributed by atoms with Gasteiger partial charge >= 0.3 is 12.1 Å². The summed E-state index contributed by atoms with van der Waals surface area (Å²) in [6, 6.07) is 3.84. The first-order chi connectivity index (χ1) is 20.1. The second-order valence-electron chi connectivity index (χ2n) is 9.97. The number of anilines is 2. The standard InChI is InChI=1S/C27H29F2N7O6/c1-32(25(39)21-15-35-7-3-6-30-26(35)31-21)16-22(37)33-8-10-34(11-9-33)24-19(28)12-17(13-20(24)29)36-14-18(42-27(36)40)4-5-23(38)41-2/h3,6-7,12-13,15,18H,4-5,8-11,14,16H2,1-2H3/t18-/m0/s1. The Hall–Kier alpha value is -4.82. The summed E-state index contributed by atoms with van der Waals surface area (Å²) >= 11 is 0. The molecule has 3 amide bonds. The van der Waals surface area contributed by atoms with Crippen LogP contribution < -0.4 is 9.80 Å². The fraction of sp³-hybridized carbons (Fsp3) is 0.407. The lowest BCUT2D eigenvalue weighted by atomic mass is 10.1. The molecule has 0 N–H and O–H groups in total. The van der Waals surface area contributed by atoms with E-state index >= 15 is 8.78 Å². The highest BCUT2D eigenvalue weighted by Gasteiger charge is 2.34. The van der Waals surface area contributed by atoms with Crippen LogP contribution in [-0.4, -0.2) is 108 Å². The summed E-state index contributed by atoms with van der Waals surface area (Å²) in [6.45, 7) is 0.566. The number of likely N-dealkylation sites (N-methyl/N-ethyl adjacent to an activating group) is 1. The largest absolute Gasteiger partial charge is 0.469 e. The van der Waals surface area contributed by atoms with E-state index in [2.05, 4.69) is 14.7 Å². The first kappa shape index (κ1) is 28.7. The van der Waals surface area contributed by atoms with Crippen LogP contribution in [0.4, 0.5) is 25.0 Å². The van der Waals surface area contributed by atoms with E-state index in [4.69, 9.17) is 4.74 Å². The quantitative estimate of drug-likeness (QED) is 0.363. The molecule has 5 rings (SSSR count). The van der Waals surface area contributed by atoms with Gasteiger partial charge in [-0.1, -0.05) is 0 Å². The second-order valence-corrected chi connectivity index (χ2v) is 9.97. The number of nitrogens with zero attached hydrogens (tertiary/aromatic N) is 7. The minimum Gasteiger partial charge on any atom is -0.469 e. The smallest absolute Gasteiger partial charge is 0.414 e. The lowest BCUT2D eigenvalue weighted by molar-refractivity contribution is -0.141. The van der Waals surface area contributed by atoms with Gasteiger partial charge in [-0.15, -0.1) is 0 Å². The fourth-order valence-electron chi connectivity index (χ4n) is 4.96. The number of hydrogen-bond donors (Lipinski definition) is 0. The van der Waals surface area contributed by atoms with Crippen LogP contribution in [0.2, 0.25) is 0 Å². The molecule has 1 aromatic carbocycles. The summed E-state index contributed by atoms with van der Waals surface area (Å²) < 4.78 is 41.7. The summed E-state index contributed by atoms with van der Waals surface area (Å²) in [4.78, 5) is 63.0. The monoisotopic (exact) mass is 585 g/mol. The summed E-state index contributed by atoms with van der Waals surface area (Å²) in [5.41, 5.74) is -0.0993. The van der Waals surface area contributed by atoms with Crippen molar-refractivity contribution in [1.82, 2.24) is 24.2 Å². The van der Waals surface area contributed by atoms with Crippen LogP contribution in [0.25, 0.3) is 5.78 Å². The maximum absolute atomic E-state index is 15.2. The summed E-state index contributed by atoms with van der Waals surface area (Å²) in [5.74, 6) is -2.55. The van der Waals surface area contributed by atoms with Crippen molar-refractivity contribution in [2.75, 3.05) is 63.2 Å². The molecule has 2 aromatic heterocycles. The molecule has 2 fully saturated rings. The molecule has 0 spiro atoms. The van der Waals surface area contributed by atoms with Gasteiger partial charge in [0.05, 0.1) is 25.9 Å². The summed E-state index contributed by atoms with van der Waals surface area (Å²) in [7, 11) is 2.75. The molecule has 0 aliphatic carbocycles. The molecule has 2 aliphatic heterocycles. The Bertz CT molecular complexity index is 1470.